The molecule has 4 aromatic carbocycles. The summed E-state index contributed by atoms with van der Waals surface area (Å²) in [6.07, 6.45) is -3.24. The van der Waals surface area contributed by atoms with E-state index in [9.17, 15) is 32.7 Å². The first kappa shape index (κ1) is 30.7. The Labute approximate surface area is 245 Å². The number of carbonyl (C=O) groups excluding carboxylic acids is 2. The fraction of sp³-hybridized carbons (Fsp3) is 0.121. The number of hydrogen-bond donors (Lipinski definition) is 3. The predicted octanol–water partition coefficient (Wildman–Crippen LogP) is 5.93. The first-order chi connectivity index (χ1) is 20.6. The highest BCUT2D eigenvalue weighted by Gasteiger charge is 2.30. The van der Waals surface area contributed by atoms with Gasteiger partial charge in [0.1, 0.15) is 5.70 Å². The summed E-state index contributed by atoms with van der Waals surface area (Å²) in [4.78, 5) is 38.1. The zero-order valence-electron chi connectivity index (χ0n) is 22.7. The van der Waals surface area contributed by atoms with Gasteiger partial charge in [-0.25, -0.2) is 4.79 Å². The first-order valence-electron chi connectivity index (χ1n) is 13.1. The summed E-state index contributed by atoms with van der Waals surface area (Å²) >= 11 is 0. The fourth-order valence-corrected chi connectivity index (χ4v) is 4.01. The van der Waals surface area contributed by atoms with Crippen molar-refractivity contribution in [2.75, 3.05) is 6.61 Å². The summed E-state index contributed by atoms with van der Waals surface area (Å²) in [7, 11) is 0. The molecular weight excluding hydrogens is 561 g/mol. The largest absolute Gasteiger partial charge is 0.480 e. The number of hydrogen-bond acceptors (Lipinski definition) is 4. The van der Waals surface area contributed by atoms with Gasteiger partial charge in [-0.1, -0.05) is 84.9 Å². The Kier molecular flexibility index (Phi) is 10.1. The number of carboxylic acids is 1. The summed E-state index contributed by atoms with van der Waals surface area (Å²) in [6.45, 7) is -0.247. The van der Waals surface area contributed by atoms with E-state index < -0.39 is 35.6 Å². The molecule has 2 amide bonds. The van der Waals surface area contributed by atoms with Crippen LogP contribution < -0.4 is 10.6 Å². The van der Waals surface area contributed by atoms with Crippen LogP contribution in [0.25, 0.3) is 17.2 Å². The molecule has 0 aromatic heterocycles. The zero-order chi connectivity index (χ0) is 30.8. The standard InChI is InChI=1S/C33H27F3N2O5/c34-33(35,36)27-17-15-26(16-18-27)30(39)37-28(19-22-11-13-25(14-12-22)24-9-5-2-6-10-24)31(40)38-29(32(41)42)21-43-20-23-7-3-1-4-8-23/h1-19,29H,20-21H2,(H,37,39)(H,38,40)(H,41,42)/b28-19+. The van der Waals surface area contributed by atoms with Crippen molar-refractivity contribution < 1.29 is 37.4 Å². The van der Waals surface area contributed by atoms with E-state index in [0.29, 0.717) is 5.56 Å². The molecule has 0 heterocycles. The number of carboxylic acid groups (broad SMARTS) is 1. The Hall–Kier alpha value is -5.22. The molecule has 1 unspecified atom stereocenters. The van der Waals surface area contributed by atoms with Crippen LogP contribution in [-0.4, -0.2) is 35.5 Å². The Morgan fingerprint density at radius 2 is 1.37 bits per heavy atom. The maximum atomic E-state index is 13.3. The molecule has 0 radical (unpaired) electrons. The van der Waals surface area contributed by atoms with Gasteiger partial charge in [0.2, 0.25) is 0 Å². The average Bonchev–Trinajstić information content (AvgIpc) is 3.01. The number of halogens is 3. The van der Waals surface area contributed by atoms with Gasteiger partial charge in [-0.3, -0.25) is 9.59 Å². The first-order valence-corrected chi connectivity index (χ1v) is 13.1. The molecule has 4 aromatic rings. The molecule has 0 spiro atoms. The molecule has 0 aliphatic carbocycles. The topological polar surface area (TPSA) is 105 Å². The van der Waals surface area contributed by atoms with E-state index in [1.807, 2.05) is 48.5 Å². The number of aliphatic carboxylic acids is 1. The number of alkyl halides is 3. The molecule has 220 valence electrons. The Morgan fingerprint density at radius 1 is 0.791 bits per heavy atom. The van der Waals surface area contributed by atoms with Crippen LogP contribution in [0.2, 0.25) is 0 Å². The van der Waals surface area contributed by atoms with E-state index in [2.05, 4.69) is 10.6 Å². The molecule has 43 heavy (non-hydrogen) atoms. The average molecular weight is 589 g/mol. The second-order valence-electron chi connectivity index (χ2n) is 9.44. The number of amides is 2. The van der Waals surface area contributed by atoms with E-state index in [4.69, 9.17) is 4.74 Å². The highest BCUT2D eigenvalue weighted by Crippen LogP contribution is 2.29. The van der Waals surface area contributed by atoms with Crippen LogP contribution in [0.15, 0.2) is 115 Å². The molecule has 1 atom stereocenters. The minimum atomic E-state index is -4.58. The second kappa shape index (κ2) is 14.1. The van der Waals surface area contributed by atoms with E-state index in [0.717, 1.165) is 41.0 Å². The Bertz CT molecular complexity index is 1570. The van der Waals surface area contributed by atoms with Gasteiger partial charge >= 0.3 is 12.1 Å². The van der Waals surface area contributed by atoms with Gasteiger partial charge in [0, 0.05) is 5.56 Å². The molecule has 0 fully saturated rings. The lowest BCUT2D eigenvalue weighted by Gasteiger charge is -2.17. The van der Waals surface area contributed by atoms with E-state index in [-0.39, 0.29) is 24.5 Å². The maximum Gasteiger partial charge on any atom is 0.416 e. The smallest absolute Gasteiger partial charge is 0.416 e. The lowest BCUT2D eigenvalue weighted by Crippen LogP contribution is -2.46. The van der Waals surface area contributed by atoms with Crippen LogP contribution in [0, 0.1) is 0 Å². The highest BCUT2D eigenvalue weighted by atomic mass is 19.4. The van der Waals surface area contributed by atoms with Gasteiger partial charge in [0.25, 0.3) is 11.8 Å². The van der Waals surface area contributed by atoms with Gasteiger partial charge in [0.05, 0.1) is 18.8 Å². The van der Waals surface area contributed by atoms with Gasteiger partial charge in [-0.15, -0.1) is 0 Å². The van der Waals surface area contributed by atoms with Gasteiger partial charge in [0.15, 0.2) is 6.04 Å². The lowest BCUT2D eigenvalue weighted by molar-refractivity contribution is -0.143. The molecule has 0 saturated carbocycles. The number of carbonyl (C=O) groups is 3. The van der Waals surface area contributed by atoms with Crippen LogP contribution >= 0.6 is 0 Å². The lowest BCUT2D eigenvalue weighted by atomic mass is 10.0. The summed E-state index contributed by atoms with van der Waals surface area (Å²) in [5.74, 6) is -3.15. The third kappa shape index (κ3) is 8.88. The highest BCUT2D eigenvalue weighted by molar-refractivity contribution is 6.06. The minimum absolute atomic E-state index is 0.113. The van der Waals surface area contributed by atoms with Crippen molar-refractivity contribution in [1.29, 1.82) is 0 Å². The quantitative estimate of drug-likeness (QED) is 0.189. The number of nitrogens with one attached hydrogen (secondary N) is 2. The predicted molar refractivity (Wildman–Crippen MR) is 154 cm³/mol. The van der Waals surface area contributed by atoms with Crippen molar-refractivity contribution in [3.05, 3.63) is 137 Å². The van der Waals surface area contributed by atoms with Crippen molar-refractivity contribution in [3.63, 3.8) is 0 Å². The number of ether oxygens (including phenoxy) is 1. The van der Waals surface area contributed by atoms with Crippen molar-refractivity contribution in [2.45, 2.75) is 18.8 Å². The minimum Gasteiger partial charge on any atom is -0.480 e. The molecule has 3 N–H and O–H groups in total. The monoisotopic (exact) mass is 588 g/mol. The van der Waals surface area contributed by atoms with Gasteiger partial charge in [-0.2, -0.15) is 13.2 Å². The number of benzene rings is 4. The van der Waals surface area contributed by atoms with Crippen molar-refractivity contribution in [3.8, 4) is 11.1 Å². The Balaban J connectivity index is 1.55. The summed E-state index contributed by atoms with van der Waals surface area (Å²) in [5, 5.41) is 14.4. The zero-order valence-corrected chi connectivity index (χ0v) is 22.7. The number of rotatable bonds is 11. The SMILES string of the molecule is O=C(NC(COCc1ccccc1)C(=O)O)/C(=C\c1ccc(-c2ccccc2)cc1)NC(=O)c1ccc(C(F)(F)F)cc1. The molecule has 0 bridgehead atoms. The third-order valence-corrected chi connectivity index (χ3v) is 6.30. The third-order valence-electron chi connectivity index (χ3n) is 6.30. The Morgan fingerprint density at radius 3 is 1.95 bits per heavy atom. The maximum absolute atomic E-state index is 13.3. The normalized spacial score (nSPS) is 12.3. The molecule has 7 nitrogen and oxygen atoms in total. The van der Waals surface area contributed by atoms with E-state index in [1.54, 1.807) is 36.4 Å². The van der Waals surface area contributed by atoms with Gasteiger partial charge in [-0.05, 0) is 52.6 Å². The summed E-state index contributed by atoms with van der Waals surface area (Å²) in [6, 6.07) is 27.6. The molecule has 4 rings (SSSR count). The second-order valence-corrected chi connectivity index (χ2v) is 9.44. The van der Waals surface area contributed by atoms with E-state index >= 15 is 0 Å². The van der Waals surface area contributed by atoms with E-state index in [1.165, 1.54) is 6.08 Å². The van der Waals surface area contributed by atoms with Crippen molar-refractivity contribution in [1.82, 2.24) is 10.6 Å². The van der Waals surface area contributed by atoms with Crippen LogP contribution in [0.3, 0.4) is 0 Å². The van der Waals surface area contributed by atoms with Crippen LogP contribution in [0.1, 0.15) is 27.0 Å². The van der Waals surface area contributed by atoms with Gasteiger partial charge < -0.3 is 20.5 Å². The summed E-state index contributed by atoms with van der Waals surface area (Å²) < 4.78 is 44.4. The van der Waals surface area contributed by atoms with Crippen molar-refractivity contribution in [2.24, 2.45) is 0 Å². The summed E-state index contributed by atoms with van der Waals surface area (Å²) in [5.41, 5.74) is 1.80. The van der Waals surface area contributed by atoms with Crippen molar-refractivity contribution >= 4 is 23.9 Å². The molecule has 0 saturated heterocycles. The molecular formula is C33H27F3N2O5. The molecule has 0 aliphatic heterocycles. The molecule has 0 aliphatic rings. The fourth-order valence-electron chi connectivity index (χ4n) is 4.01. The van der Waals surface area contributed by atoms with Crippen LogP contribution in [0.4, 0.5) is 13.2 Å². The van der Waals surface area contributed by atoms with Crippen LogP contribution in [-0.2, 0) is 27.1 Å². The van der Waals surface area contributed by atoms with Crippen LogP contribution in [0.5, 0.6) is 0 Å². The molecule has 10 heteroatoms.